The molecule has 5 unspecified atom stereocenters. The van der Waals surface area contributed by atoms with Crippen molar-refractivity contribution in [1.82, 2.24) is 25.5 Å². The Bertz CT molecular complexity index is 1640. The quantitative estimate of drug-likeness (QED) is 0.194. The second-order valence-electron chi connectivity index (χ2n) is 14.1. The Kier molecular flexibility index (Phi) is 10.4. The highest BCUT2D eigenvalue weighted by atomic mass is 16.5. The molecule has 3 aliphatic rings. The summed E-state index contributed by atoms with van der Waals surface area (Å²) in [5.74, 6) is 3.35. The number of allylic oxidation sites excluding steroid dienone is 2. The van der Waals surface area contributed by atoms with E-state index in [2.05, 4.69) is 83.2 Å². The molecule has 1 aromatic heterocycles. The van der Waals surface area contributed by atoms with Crippen LogP contribution < -0.4 is 10.6 Å². The monoisotopic (exact) mass is 649 g/mol. The SMILES string of the molecule is C/C=C(\N/C(=C/CC)C1CCCN1C(=O)C(NC(=O)OC)C(C)C)c1ccc(-c2ccc(-c3cnc(C4CC5CCC4C5)[nH]3)cc2)cc1. The number of benzene rings is 2. The van der Waals surface area contributed by atoms with E-state index in [9.17, 15) is 9.59 Å². The van der Waals surface area contributed by atoms with Crippen LogP contribution in [0.2, 0.25) is 0 Å². The van der Waals surface area contributed by atoms with Crippen LogP contribution >= 0.6 is 0 Å². The zero-order valence-corrected chi connectivity index (χ0v) is 29.1. The van der Waals surface area contributed by atoms with Crippen molar-refractivity contribution in [2.24, 2.45) is 17.8 Å². The number of aromatic nitrogens is 2. The van der Waals surface area contributed by atoms with Crippen molar-refractivity contribution >= 4 is 17.7 Å². The van der Waals surface area contributed by atoms with Gasteiger partial charge in [-0.1, -0.05) is 87.9 Å². The lowest BCUT2D eigenvalue weighted by molar-refractivity contribution is -0.134. The van der Waals surface area contributed by atoms with Crippen LogP contribution in [0.3, 0.4) is 0 Å². The Labute approximate surface area is 285 Å². The van der Waals surface area contributed by atoms with Gasteiger partial charge in [0.25, 0.3) is 0 Å². The fourth-order valence-corrected chi connectivity index (χ4v) is 8.12. The number of nitrogens with zero attached hydrogens (tertiary/aromatic N) is 2. The Morgan fingerprint density at radius 3 is 2.33 bits per heavy atom. The number of fused-ring (bicyclic) bond motifs is 2. The summed E-state index contributed by atoms with van der Waals surface area (Å²) < 4.78 is 4.80. The number of methoxy groups -OCH3 is 1. The third kappa shape index (κ3) is 7.08. The summed E-state index contributed by atoms with van der Waals surface area (Å²) in [5, 5.41) is 6.44. The van der Waals surface area contributed by atoms with Crippen LogP contribution in [0.15, 0.2) is 72.6 Å². The van der Waals surface area contributed by atoms with Crippen molar-refractivity contribution in [3.05, 3.63) is 84.0 Å². The Balaban J connectivity index is 1.12. The average molecular weight is 650 g/mol. The number of alkyl carbamates (subject to hydrolysis) is 1. The Morgan fingerprint density at radius 2 is 1.73 bits per heavy atom. The third-order valence-corrected chi connectivity index (χ3v) is 10.7. The van der Waals surface area contributed by atoms with Crippen LogP contribution in [-0.2, 0) is 9.53 Å². The lowest BCUT2D eigenvalue weighted by Gasteiger charge is -2.32. The maximum absolute atomic E-state index is 13.7. The van der Waals surface area contributed by atoms with E-state index in [0.29, 0.717) is 12.5 Å². The van der Waals surface area contributed by atoms with Crippen LogP contribution in [0.25, 0.3) is 28.1 Å². The molecule has 3 aromatic rings. The highest BCUT2D eigenvalue weighted by molar-refractivity contribution is 5.86. The van der Waals surface area contributed by atoms with Gasteiger partial charge in [-0.25, -0.2) is 9.78 Å². The second kappa shape index (κ2) is 14.8. The molecule has 0 radical (unpaired) electrons. The lowest BCUT2D eigenvalue weighted by Crippen LogP contribution is -2.53. The van der Waals surface area contributed by atoms with Gasteiger partial charge >= 0.3 is 6.09 Å². The number of H-pyrrole nitrogens is 1. The minimum atomic E-state index is -0.646. The normalized spacial score (nSPS) is 23.1. The van der Waals surface area contributed by atoms with Gasteiger partial charge in [-0.3, -0.25) is 4.79 Å². The molecule has 48 heavy (non-hydrogen) atoms. The van der Waals surface area contributed by atoms with Gasteiger partial charge in [0.05, 0.1) is 25.0 Å². The van der Waals surface area contributed by atoms with Gasteiger partial charge in [0.15, 0.2) is 0 Å². The molecule has 8 heteroatoms. The molecule has 3 fully saturated rings. The largest absolute Gasteiger partial charge is 0.453 e. The van der Waals surface area contributed by atoms with Crippen molar-refractivity contribution < 1.29 is 14.3 Å². The van der Waals surface area contributed by atoms with Crippen LogP contribution in [0.4, 0.5) is 4.79 Å². The first kappa shape index (κ1) is 33.6. The van der Waals surface area contributed by atoms with Crippen LogP contribution in [0, 0.1) is 17.8 Å². The number of carbonyl (C=O) groups excluding carboxylic acids is 2. The molecule has 8 nitrogen and oxygen atoms in total. The molecule has 2 saturated carbocycles. The van der Waals surface area contributed by atoms with E-state index in [1.165, 1.54) is 44.2 Å². The fourth-order valence-electron chi connectivity index (χ4n) is 8.12. The van der Waals surface area contributed by atoms with Crippen LogP contribution in [-0.4, -0.2) is 52.6 Å². The molecule has 2 bridgehead atoms. The maximum atomic E-state index is 13.7. The van der Waals surface area contributed by atoms with Gasteiger partial charge < -0.3 is 25.3 Å². The third-order valence-electron chi connectivity index (χ3n) is 10.7. The summed E-state index contributed by atoms with van der Waals surface area (Å²) in [6, 6.07) is 16.6. The lowest BCUT2D eigenvalue weighted by atomic mass is 9.88. The number of carbonyl (C=O) groups is 2. The molecule has 254 valence electrons. The molecule has 6 rings (SSSR count). The fraction of sp³-hybridized carbons (Fsp3) is 0.475. The first-order valence-corrected chi connectivity index (χ1v) is 17.8. The first-order valence-electron chi connectivity index (χ1n) is 17.8. The number of amides is 2. The number of likely N-dealkylation sites (tertiary alicyclic amines) is 1. The summed E-state index contributed by atoms with van der Waals surface area (Å²) in [4.78, 5) is 36.1. The number of hydrogen-bond donors (Lipinski definition) is 3. The van der Waals surface area contributed by atoms with E-state index < -0.39 is 12.1 Å². The molecule has 1 aliphatic heterocycles. The number of aromatic amines is 1. The molecule has 1 saturated heterocycles. The van der Waals surface area contributed by atoms with Gasteiger partial charge in [0, 0.05) is 23.9 Å². The molecule has 3 N–H and O–H groups in total. The van der Waals surface area contributed by atoms with Gasteiger partial charge in [0.1, 0.15) is 11.9 Å². The van der Waals surface area contributed by atoms with Crippen molar-refractivity contribution in [3.63, 3.8) is 0 Å². The van der Waals surface area contributed by atoms with E-state index in [1.54, 1.807) is 0 Å². The van der Waals surface area contributed by atoms with E-state index >= 15 is 0 Å². The summed E-state index contributed by atoms with van der Waals surface area (Å²) in [5.41, 5.74) is 7.66. The predicted octanol–water partition coefficient (Wildman–Crippen LogP) is 8.26. The number of nitrogens with one attached hydrogen (secondary N) is 3. The molecular weight excluding hydrogens is 598 g/mol. The zero-order valence-electron chi connectivity index (χ0n) is 29.1. The van der Waals surface area contributed by atoms with Gasteiger partial charge in [0.2, 0.25) is 5.91 Å². The van der Waals surface area contributed by atoms with Gasteiger partial charge in [-0.2, -0.15) is 0 Å². The van der Waals surface area contributed by atoms with E-state index in [-0.39, 0.29) is 17.9 Å². The molecule has 2 heterocycles. The average Bonchev–Trinajstić information content (AvgIpc) is 3.94. The minimum Gasteiger partial charge on any atom is -0.453 e. The van der Waals surface area contributed by atoms with Gasteiger partial charge in [-0.15, -0.1) is 0 Å². The minimum absolute atomic E-state index is 0.0692. The van der Waals surface area contributed by atoms with Crippen molar-refractivity contribution in [3.8, 4) is 22.4 Å². The van der Waals surface area contributed by atoms with E-state index in [1.807, 2.05) is 31.9 Å². The second-order valence-corrected chi connectivity index (χ2v) is 14.1. The highest BCUT2D eigenvalue weighted by Gasteiger charge is 2.41. The van der Waals surface area contributed by atoms with E-state index in [0.717, 1.165) is 64.9 Å². The number of hydrogen-bond acceptors (Lipinski definition) is 5. The predicted molar refractivity (Wildman–Crippen MR) is 192 cm³/mol. The summed E-state index contributed by atoms with van der Waals surface area (Å²) in [6.07, 6.45) is 13.7. The van der Waals surface area contributed by atoms with Crippen molar-refractivity contribution in [1.29, 1.82) is 0 Å². The molecule has 0 spiro atoms. The standard InChI is InChI=1S/C40H51N5O3/c1-6-9-34(36-10-8-21-45(36)39(46)37(25(3)4)44-40(47)48-5)42-33(7-2)29-17-13-27(14-18-29)28-15-19-30(20-16-28)35-24-41-38(43-35)32-23-26-11-12-31(32)22-26/h7,9,13-20,24-26,31-32,36-37,42H,6,8,10-12,21-23H2,1-5H3,(H,41,43)(H,44,47)/b33-7-,34-9+. The first-order chi connectivity index (χ1) is 23.3. The molecule has 2 aromatic carbocycles. The maximum Gasteiger partial charge on any atom is 0.407 e. The van der Waals surface area contributed by atoms with Crippen molar-refractivity contribution in [2.45, 2.75) is 90.6 Å². The number of imidazole rings is 1. The molecule has 5 atom stereocenters. The van der Waals surface area contributed by atoms with Crippen molar-refractivity contribution in [2.75, 3.05) is 13.7 Å². The molecule has 2 aliphatic carbocycles. The number of rotatable bonds is 11. The number of ether oxygens (including phenoxy) is 1. The van der Waals surface area contributed by atoms with Crippen LogP contribution in [0.5, 0.6) is 0 Å². The smallest absolute Gasteiger partial charge is 0.407 e. The molecule has 2 amide bonds. The highest BCUT2D eigenvalue weighted by Crippen LogP contribution is 2.52. The summed E-state index contributed by atoms with van der Waals surface area (Å²) in [6.45, 7) is 8.67. The summed E-state index contributed by atoms with van der Waals surface area (Å²) >= 11 is 0. The summed E-state index contributed by atoms with van der Waals surface area (Å²) in [7, 11) is 1.32. The van der Waals surface area contributed by atoms with Gasteiger partial charge in [-0.05, 0) is 85.5 Å². The Morgan fingerprint density at radius 1 is 1.02 bits per heavy atom. The van der Waals surface area contributed by atoms with E-state index in [4.69, 9.17) is 9.72 Å². The molecular formula is C40H51N5O3. The zero-order chi connectivity index (χ0) is 33.8. The van der Waals surface area contributed by atoms with Crippen LogP contribution in [0.1, 0.15) is 89.9 Å². The topological polar surface area (TPSA) is 99.3 Å². The Hall–Kier alpha value is -4.33.